The number of benzene rings is 3. The SMILES string of the molecule is O=C(/C=C/c1ccccc1)c1ccc(OCCCN2CCN(c3ccccc3)CC2)cc1. The predicted octanol–water partition coefficient (Wildman–Crippen LogP) is 5.17. The Morgan fingerprint density at radius 3 is 2.16 bits per heavy atom. The minimum atomic E-state index is -0.00459. The van der Waals surface area contributed by atoms with Crippen molar-refractivity contribution in [3.63, 3.8) is 0 Å². The van der Waals surface area contributed by atoms with Gasteiger partial charge in [-0.15, -0.1) is 0 Å². The van der Waals surface area contributed by atoms with E-state index in [9.17, 15) is 4.79 Å². The molecule has 32 heavy (non-hydrogen) atoms. The average Bonchev–Trinajstić information content (AvgIpc) is 2.87. The molecule has 1 saturated heterocycles. The topological polar surface area (TPSA) is 32.8 Å². The third kappa shape index (κ3) is 6.32. The van der Waals surface area contributed by atoms with E-state index in [0.717, 1.165) is 50.5 Å². The molecular formula is C28H30N2O2. The molecule has 0 spiro atoms. The number of para-hydroxylation sites is 1. The van der Waals surface area contributed by atoms with Gasteiger partial charge in [0.25, 0.3) is 0 Å². The van der Waals surface area contributed by atoms with Crippen LogP contribution < -0.4 is 9.64 Å². The first-order chi connectivity index (χ1) is 15.8. The van der Waals surface area contributed by atoms with E-state index in [0.29, 0.717) is 12.2 Å². The second-order valence-corrected chi connectivity index (χ2v) is 8.00. The monoisotopic (exact) mass is 426 g/mol. The van der Waals surface area contributed by atoms with E-state index >= 15 is 0 Å². The van der Waals surface area contributed by atoms with E-state index in [1.807, 2.05) is 60.7 Å². The molecule has 4 heteroatoms. The molecule has 0 aromatic heterocycles. The highest BCUT2D eigenvalue weighted by Gasteiger charge is 2.16. The highest BCUT2D eigenvalue weighted by molar-refractivity contribution is 6.06. The van der Waals surface area contributed by atoms with E-state index in [4.69, 9.17) is 4.74 Å². The molecule has 1 heterocycles. The molecule has 0 radical (unpaired) electrons. The van der Waals surface area contributed by atoms with E-state index < -0.39 is 0 Å². The number of anilines is 1. The summed E-state index contributed by atoms with van der Waals surface area (Å²) in [7, 11) is 0. The molecule has 164 valence electrons. The largest absolute Gasteiger partial charge is 0.494 e. The summed E-state index contributed by atoms with van der Waals surface area (Å²) in [5.41, 5.74) is 3.00. The number of hydrogen-bond acceptors (Lipinski definition) is 4. The van der Waals surface area contributed by atoms with Gasteiger partial charge in [-0.3, -0.25) is 9.69 Å². The molecule has 3 aromatic carbocycles. The molecule has 0 unspecified atom stereocenters. The van der Waals surface area contributed by atoms with Crippen LogP contribution in [0.5, 0.6) is 5.75 Å². The highest BCUT2D eigenvalue weighted by atomic mass is 16.5. The standard InChI is InChI=1S/C28H30N2O2/c31-28(17-12-24-8-3-1-4-9-24)25-13-15-27(16-14-25)32-23-7-18-29-19-21-30(22-20-29)26-10-5-2-6-11-26/h1-6,8-17H,7,18-23H2/b17-12+. The lowest BCUT2D eigenvalue weighted by molar-refractivity contribution is 0.104. The zero-order chi connectivity index (χ0) is 22.0. The third-order valence-electron chi connectivity index (χ3n) is 5.75. The maximum Gasteiger partial charge on any atom is 0.185 e. The molecule has 0 aliphatic carbocycles. The Kier molecular flexibility index (Phi) is 7.72. The fourth-order valence-electron chi connectivity index (χ4n) is 3.89. The van der Waals surface area contributed by atoms with Crippen molar-refractivity contribution in [2.45, 2.75) is 6.42 Å². The van der Waals surface area contributed by atoms with Gasteiger partial charge in [-0.1, -0.05) is 54.6 Å². The summed E-state index contributed by atoms with van der Waals surface area (Å²) in [6.45, 7) is 6.03. The minimum absolute atomic E-state index is 0.00459. The fraction of sp³-hybridized carbons (Fsp3) is 0.250. The van der Waals surface area contributed by atoms with Crippen LogP contribution in [0.1, 0.15) is 22.3 Å². The fourth-order valence-corrected chi connectivity index (χ4v) is 3.89. The van der Waals surface area contributed by atoms with E-state index in [1.54, 1.807) is 6.08 Å². The number of carbonyl (C=O) groups excluding carboxylic acids is 1. The molecule has 4 rings (SSSR count). The van der Waals surface area contributed by atoms with Gasteiger partial charge in [0.2, 0.25) is 0 Å². The Labute approximate surface area is 190 Å². The van der Waals surface area contributed by atoms with Gasteiger partial charge < -0.3 is 9.64 Å². The molecule has 1 aliphatic heterocycles. The smallest absolute Gasteiger partial charge is 0.185 e. The molecule has 1 aliphatic rings. The number of allylic oxidation sites excluding steroid dienone is 1. The van der Waals surface area contributed by atoms with E-state index in [-0.39, 0.29) is 5.78 Å². The third-order valence-corrected chi connectivity index (χ3v) is 5.75. The van der Waals surface area contributed by atoms with Crippen molar-refractivity contribution in [3.8, 4) is 5.75 Å². The number of rotatable bonds is 9. The number of ether oxygens (including phenoxy) is 1. The van der Waals surface area contributed by atoms with Crippen molar-refractivity contribution in [2.24, 2.45) is 0 Å². The van der Waals surface area contributed by atoms with Gasteiger partial charge >= 0.3 is 0 Å². The molecule has 3 aromatic rings. The number of nitrogens with zero attached hydrogens (tertiary/aromatic N) is 2. The number of carbonyl (C=O) groups is 1. The van der Waals surface area contributed by atoms with Gasteiger partial charge in [-0.05, 0) is 54.5 Å². The predicted molar refractivity (Wildman–Crippen MR) is 131 cm³/mol. The van der Waals surface area contributed by atoms with Crippen LogP contribution in [0, 0.1) is 0 Å². The maximum absolute atomic E-state index is 12.3. The Balaban J connectivity index is 1.15. The number of piperazine rings is 1. The van der Waals surface area contributed by atoms with Crippen LogP contribution in [0.3, 0.4) is 0 Å². The lowest BCUT2D eigenvalue weighted by atomic mass is 10.1. The Morgan fingerprint density at radius 2 is 1.47 bits per heavy atom. The van der Waals surface area contributed by atoms with Gasteiger partial charge in [0.05, 0.1) is 6.61 Å². The molecule has 0 bridgehead atoms. The second-order valence-electron chi connectivity index (χ2n) is 8.00. The molecule has 1 fully saturated rings. The van der Waals surface area contributed by atoms with Crippen molar-refractivity contribution in [1.82, 2.24) is 4.90 Å². The first-order valence-electron chi connectivity index (χ1n) is 11.3. The van der Waals surface area contributed by atoms with Crippen molar-refractivity contribution < 1.29 is 9.53 Å². The van der Waals surface area contributed by atoms with Crippen LogP contribution in [0.25, 0.3) is 6.08 Å². The number of ketones is 1. The van der Waals surface area contributed by atoms with Crippen LogP contribution in [-0.2, 0) is 0 Å². The van der Waals surface area contributed by atoms with Gasteiger partial charge in [0.1, 0.15) is 5.75 Å². The summed E-state index contributed by atoms with van der Waals surface area (Å²) >= 11 is 0. The van der Waals surface area contributed by atoms with Crippen molar-refractivity contribution in [3.05, 3.63) is 102 Å². The molecule has 4 nitrogen and oxygen atoms in total. The zero-order valence-electron chi connectivity index (χ0n) is 18.4. The lowest BCUT2D eigenvalue weighted by Crippen LogP contribution is -2.46. The van der Waals surface area contributed by atoms with Crippen molar-refractivity contribution >= 4 is 17.5 Å². The van der Waals surface area contributed by atoms with Crippen LogP contribution in [0.15, 0.2) is 91.0 Å². The van der Waals surface area contributed by atoms with E-state index in [1.165, 1.54) is 5.69 Å². The van der Waals surface area contributed by atoms with Gasteiger partial charge in [-0.25, -0.2) is 0 Å². The maximum atomic E-state index is 12.3. The Bertz CT molecular complexity index is 993. The summed E-state index contributed by atoms with van der Waals surface area (Å²) in [5.74, 6) is 0.803. The summed E-state index contributed by atoms with van der Waals surface area (Å²) in [6, 6.07) is 27.9. The summed E-state index contributed by atoms with van der Waals surface area (Å²) < 4.78 is 5.89. The molecule has 0 amide bonds. The number of hydrogen-bond donors (Lipinski definition) is 0. The Morgan fingerprint density at radius 1 is 0.812 bits per heavy atom. The second kappa shape index (κ2) is 11.3. The summed E-state index contributed by atoms with van der Waals surface area (Å²) in [6.07, 6.45) is 4.45. The first kappa shape index (κ1) is 21.8. The average molecular weight is 427 g/mol. The zero-order valence-corrected chi connectivity index (χ0v) is 18.4. The quantitative estimate of drug-likeness (QED) is 0.268. The van der Waals surface area contributed by atoms with Crippen molar-refractivity contribution in [1.29, 1.82) is 0 Å². The van der Waals surface area contributed by atoms with Crippen LogP contribution >= 0.6 is 0 Å². The molecular weight excluding hydrogens is 396 g/mol. The summed E-state index contributed by atoms with van der Waals surface area (Å²) in [5, 5.41) is 0. The normalized spacial score (nSPS) is 14.6. The first-order valence-corrected chi connectivity index (χ1v) is 11.3. The molecule has 0 saturated carbocycles. The van der Waals surface area contributed by atoms with Gasteiger partial charge in [0, 0.05) is 44.0 Å². The Hall–Kier alpha value is -3.37. The van der Waals surface area contributed by atoms with Gasteiger partial charge in [-0.2, -0.15) is 0 Å². The summed E-state index contributed by atoms with van der Waals surface area (Å²) in [4.78, 5) is 17.3. The highest BCUT2D eigenvalue weighted by Crippen LogP contribution is 2.16. The lowest BCUT2D eigenvalue weighted by Gasteiger charge is -2.36. The van der Waals surface area contributed by atoms with Crippen LogP contribution in [-0.4, -0.2) is 50.0 Å². The van der Waals surface area contributed by atoms with Crippen LogP contribution in [0.2, 0.25) is 0 Å². The molecule has 0 N–H and O–H groups in total. The minimum Gasteiger partial charge on any atom is -0.494 e. The molecule has 0 atom stereocenters. The van der Waals surface area contributed by atoms with E-state index in [2.05, 4.69) is 40.1 Å². The van der Waals surface area contributed by atoms with Crippen molar-refractivity contribution in [2.75, 3.05) is 44.2 Å². The van der Waals surface area contributed by atoms with Gasteiger partial charge in [0.15, 0.2) is 5.78 Å². The van der Waals surface area contributed by atoms with Crippen LogP contribution in [0.4, 0.5) is 5.69 Å².